The van der Waals surface area contributed by atoms with Gasteiger partial charge in [0.05, 0.1) is 18.7 Å². The molecule has 4 heterocycles. The van der Waals surface area contributed by atoms with Crippen LogP contribution in [0.25, 0.3) is 10.9 Å². The summed E-state index contributed by atoms with van der Waals surface area (Å²) >= 11 is 0. The Labute approximate surface area is 142 Å². The van der Waals surface area contributed by atoms with Gasteiger partial charge in [-0.25, -0.2) is 4.39 Å². The van der Waals surface area contributed by atoms with Crippen molar-refractivity contribution in [3.63, 3.8) is 0 Å². The van der Waals surface area contributed by atoms with Gasteiger partial charge in [-0.1, -0.05) is 13.3 Å². The van der Waals surface area contributed by atoms with Crippen LogP contribution in [0.3, 0.4) is 0 Å². The van der Waals surface area contributed by atoms with Gasteiger partial charge in [-0.2, -0.15) is 0 Å². The SMILES string of the molecule is CC[C@H]1CN2CC[C@H]1C[C@H](F)[C@H]2c1ccnc2ccc(OC)cc12. The Morgan fingerprint density at radius 2 is 2.21 bits per heavy atom. The molecule has 1 aromatic heterocycles. The van der Waals surface area contributed by atoms with Gasteiger partial charge in [0, 0.05) is 18.1 Å². The van der Waals surface area contributed by atoms with Crippen LogP contribution < -0.4 is 4.74 Å². The van der Waals surface area contributed by atoms with Crippen LogP contribution in [-0.4, -0.2) is 36.3 Å². The first-order valence-electron chi connectivity index (χ1n) is 9.02. The monoisotopic (exact) mass is 328 g/mol. The summed E-state index contributed by atoms with van der Waals surface area (Å²) in [4.78, 5) is 6.83. The molecule has 24 heavy (non-hydrogen) atoms. The minimum absolute atomic E-state index is 0.163. The van der Waals surface area contributed by atoms with E-state index in [4.69, 9.17) is 4.74 Å². The quantitative estimate of drug-likeness (QED) is 0.836. The van der Waals surface area contributed by atoms with Gasteiger partial charge in [-0.15, -0.1) is 0 Å². The van der Waals surface area contributed by atoms with Crippen LogP contribution in [0.2, 0.25) is 0 Å². The van der Waals surface area contributed by atoms with E-state index in [1.165, 1.54) is 0 Å². The molecule has 0 amide bonds. The second-order valence-electron chi connectivity index (χ2n) is 7.19. The van der Waals surface area contributed by atoms with Crippen molar-refractivity contribution >= 4 is 10.9 Å². The lowest BCUT2D eigenvalue weighted by Crippen LogP contribution is -2.39. The molecule has 3 aliphatic heterocycles. The summed E-state index contributed by atoms with van der Waals surface area (Å²) in [5.74, 6) is 1.96. The van der Waals surface area contributed by atoms with Gasteiger partial charge in [0.15, 0.2) is 0 Å². The van der Waals surface area contributed by atoms with Crippen LogP contribution in [0.4, 0.5) is 4.39 Å². The third kappa shape index (κ3) is 2.57. The number of ether oxygens (including phenoxy) is 1. The molecule has 0 spiro atoms. The van der Waals surface area contributed by atoms with E-state index in [1.807, 2.05) is 30.5 Å². The number of fused-ring (bicyclic) bond motifs is 5. The normalized spacial score (nSPS) is 32.7. The number of halogens is 1. The fraction of sp³-hybridized carbons (Fsp3) is 0.550. The molecule has 1 aromatic carbocycles. The molecule has 4 heteroatoms. The highest BCUT2D eigenvalue weighted by Crippen LogP contribution is 2.44. The molecular weight excluding hydrogens is 303 g/mol. The van der Waals surface area contributed by atoms with Crippen molar-refractivity contribution in [1.82, 2.24) is 9.88 Å². The summed E-state index contributed by atoms with van der Waals surface area (Å²) in [6.45, 7) is 4.25. The van der Waals surface area contributed by atoms with Crippen molar-refractivity contribution in [2.75, 3.05) is 20.2 Å². The summed E-state index contributed by atoms with van der Waals surface area (Å²) in [6.07, 6.45) is 3.96. The average Bonchev–Trinajstić information content (AvgIpc) is 2.86. The number of piperidine rings is 1. The molecule has 5 atom stereocenters. The molecule has 5 rings (SSSR count). The summed E-state index contributed by atoms with van der Waals surface area (Å²) < 4.78 is 20.6. The second kappa shape index (κ2) is 6.32. The Hall–Kier alpha value is -1.68. The minimum Gasteiger partial charge on any atom is -0.497 e. The average molecular weight is 328 g/mol. The number of nitrogens with zero attached hydrogens (tertiary/aromatic N) is 2. The molecule has 3 nitrogen and oxygen atoms in total. The van der Waals surface area contributed by atoms with Gasteiger partial charge < -0.3 is 4.74 Å². The van der Waals surface area contributed by atoms with Gasteiger partial charge in [-0.3, -0.25) is 9.88 Å². The van der Waals surface area contributed by atoms with E-state index >= 15 is 4.39 Å². The lowest BCUT2D eigenvalue weighted by atomic mass is 9.83. The molecule has 1 unspecified atom stereocenters. The van der Waals surface area contributed by atoms with Crippen LogP contribution in [0.1, 0.15) is 37.8 Å². The molecule has 0 saturated carbocycles. The predicted octanol–water partition coefficient (Wildman–Crippen LogP) is 4.37. The molecular formula is C20H25FN2O. The Balaban J connectivity index is 1.81. The number of benzene rings is 1. The summed E-state index contributed by atoms with van der Waals surface area (Å²) in [6, 6.07) is 7.71. The van der Waals surface area contributed by atoms with Crippen LogP contribution in [0.5, 0.6) is 5.75 Å². The van der Waals surface area contributed by atoms with Crippen molar-refractivity contribution in [1.29, 1.82) is 0 Å². The first kappa shape index (κ1) is 15.8. The number of hydrogen-bond acceptors (Lipinski definition) is 3. The molecule has 3 saturated heterocycles. The third-order valence-electron chi connectivity index (χ3n) is 6.01. The summed E-state index contributed by atoms with van der Waals surface area (Å²) in [7, 11) is 1.66. The predicted molar refractivity (Wildman–Crippen MR) is 94.0 cm³/mol. The number of rotatable bonds is 3. The van der Waals surface area contributed by atoms with Crippen LogP contribution >= 0.6 is 0 Å². The number of aromatic nitrogens is 1. The fourth-order valence-corrected chi connectivity index (χ4v) is 4.70. The fourth-order valence-electron chi connectivity index (χ4n) is 4.70. The first-order valence-corrected chi connectivity index (χ1v) is 9.02. The highest BCUT2D eigenvalue weighted by molar-refractivity contribution is 5.84. The summed E-state index contributed by atoms with van der Waals surface area (Å²) in [5.41, 5.74) is 1.97. The number of hydrogen-bond donors (Lipinski definition) is 0. The second-order valence-corrected chi connectivity index (χ2v) is 7.19. The number of pyridine rings is 1. The zero-order valence-electron chi connectivity index (χ0n) is 14.4. The van der Waals surface area contributed by atoms with Gasteiger partial charge in [0.1, 0.15) is 11.9 Å². The van der Waals surface area contributed by atoms with Crippen molar-refractivity contribution in [2.45, 2.75) is 38.4 Å². The molecule has 3 aliphatic rings. The van der Waals surface area contributed by atoms with E-state index in [9.17, 15) is 0 Å². The molecule has 0 aliphatic carbocycles. The van der Waals surface area contributed by atoms with E-state index < -0.39 is 6.17 Å². The van der Waals surface area contributed by atoms with Crippen molar-refractivity contribution in [3.8, 4) is 5.75 Å². The Morgan fingerprint density at radius 3 is 3.00 bits per heavy atom. The maximum absolute atomic E-state index is 15.3. The standard InChI is InChI=1S/C20H25FN2O/c1-3-13-12-23-9-7-14(13)10-18(21)20(23)16-6-8-22-19-5-4-15(24-2)11-17(16)19/h4-6,8,11,13-14,18,20H,3,7,9-10,12H2,1-2H3/t13-,14-,18-,20+/m0/s1. The summed E-state index contributed by atoms with van der Waals surface area (Å²) in [5, 5.41) is 1.02. The maximum Gasteiger partial charge on any atom is 0.120 e. The van der Waals surface area contributed by atoms with Crippen LogP contribution in [-0.2, 0) is 0 Å². The Kier molecular flexibility index (Phi) is 4.17. The lowest BCUT2D eigenvalue weighted by molar-refractivity contribution is 0.0996. The number of methoxy groups -OCH3 is 1. The Morgan fingerprint density at radius 1 is 1.33 bits per heavy atom. The molecule has 0 N–H and O–H groups in total. The largest absolute Gasteiger partial charge is 0.497 e. The maximum atomic E-state index is 15.3. The molecule has 2 aromatic rings. The molecule has 3 fully saturated rings. The van der Waals surface area contributed by atoms with E-state index in [-0.39, 0.29) is 6.04 Å². The number of alkyl halides is 1. The van der Waals surface area contributed by atoms with Crippen LogP contribution in [0, 0.1) is 11.8 Å². The van der Waals surface area contributed by atoms with E-state index in [0.29, 0.717) is 18.3 Å². The van der Waals surface area contributed by atoms with Gasteiger partial charge >= 0.3 is 0 Å². The van der Waals surface area contributed by atoms with Gasteiger partial charge in [0.25, 0.3) is 0 Å². The molecule has 128 valence electrons. The lowest BCUT2D eigenvalue weighted by Gasteiger charge is -2.37. The van der Waals surface area contributed by atoms with Gasteiger partial charge in [-0.05, 0) is 61.1 Å². The highest BCUT2D eigenvalue weighted by Gasteiger charge is 2.42. The van der Waals surface area contributed by atoms with E-state index in [2.05, 4.69) is 16.8 Å². The zero-order chi connectivity index (χ0) is 16.7. The van der Waals surface area contributed by atoms with Crippen molar-refractivity contribution < 1.29 is 9.13 Å². The highest BCUT2D eigenvalue weighted by atomic mass is 19.1. The minimum atomic E-state index is -0.814. The van der Waals surface area contributed by atoms with E-state index in [1.54, 1.807) is 7.11 Å². The smallest absolute Gasteiger partial charge is 0.120 e. The molecule has 0 radical (unpaired) electrons. The third-order valence-corrected chi connectivity index (χ3v) is 6.01. The topological polar surface area (TPSA) is 25.4 Å². The zero-order valence-corrected chi connectivity index (χ0v) is 14.4. The Bertz CT molecular complexity index is 735. The van der Waals surface area contributed by atoms with E-state index in [0.717, 1.165) is 48.1 Å². The van der Waals surface area contributed by atoms with Crippen LogP contribution in [0.15, 0.2) is 30.5 Å². The first-order chi connectivity index (χ1) is 11.7. The molecule has 2 bridgehead atoms. The van der Waals surface area contributed by atoms with Crippen molar-refractivity contribution in [2.24, 2.45) is 11.8 Å². The van der Waals surface area contributed by atoms with Crippen molar-refractivity contribution in [3.05, 3.63) is 36.0 Å². The van der Waals surface area contributed by atoms with Gasteiger partial charge in [0.2, 0.25) is 0 Å².